The number of rotatable bonds is 11. The van der Waals surface area contributed by atoms with Gasteiger partial charge in [-0.3, -0.25) is 0 Å². The Balaban J connectivity index is 1.20. The van der Waals surface area contributed by atoms with Gasteiger partial charge in [0.2, 0.25) is 0 Å². The minimum Gasteiger partial charge on any atom is -0.489 e. The molecule has 4 unspecified atom stereocenters. The van der Waals surface area contributed by atoms with Crippen molar-refractivity contribution in [2.45, 2.75) is 116 Å². The molecule has 190 valence electrons. The van der Waals surface area contributed by atoms with Crippen LogP contribution in [0.25, 0.3) is 0 Å². The van der Waals surface area contributed by atoms with E-state index in [1.54, 1.807) is 12.1 Å². The maximum absolute atomic E-state index is 14.8. The van der Waals surface area contributed by atoms with Crippen molar-refractivity contribution in [1.29, 1.82) is 0 Å². The molecule has 0 spiro atoms. The van der Waals surface area contributed by atoms with E-state index in [1.165, 1.54) is 89.9 Å². The largest absolute Gasteiger partial charge is 0.489 e. The Labute approximate surface area is 208 Å². The highest BCUT2D eigenvalue weighted by atomic mass is 19.1. The zero-order chi connectivity index (χ0) is 23.8. The summed E-state index contributed by atoms with van der Waals surface area (Å²) in [5, 5.41) is 0. The van der Waals surface area contributed by atoms with Gasteiger partial charge in [-0.05, 0) is 105 Å². The lowest BCUT2D eigenvalue weighted by Crippen LogP contribution is -2.34. The number of ether oxygens (including phenoxy) is 1. The van der Waals surface area contributed by atoms with Crippen molar-refractivity contribution in [3.8, 4) is 5.75 Å². The summed E-state index contributed by atoms with van der Waals surface area (Å²) in [5.41, 5.74) is 0.904. The SMILES string of the molecule is C=CCOc1ccc(C2CCC(C3CCC4CC(CCCCCCC)CCC4C3)CC2)c(F)c1. The Morgan fingerprint density at radius 2 is 1.53 bits per heavy atom. The molecule has 3 aliphatic rings. The predicted molar refractivity (Wildman–Crippen MR) is 142 cm³/mol. The lowest BCUT2D eigenvalue weighted by atomic mass is 9.60. The first-order valence-corrected chi connectivity index (χ1v) is 14.7. The third-order valence-electron chi connectivity index (χ3n) is 9.70. The third-order valence-corrected chi connectivity index (χ3v) is 9.70. The van der Waals surface area contributed by atoms with Gasteiger partial charge in [0.1, 0.15) is 18.2 Å². The topological polar surface area (TPSA) is 9.23 Å². The van der Waals surface area contributed by atoms with Crippen LogP contribution in [-0.2, 0) is 0 Å². The van der Waals surface area contributed by atoms with Gasteiger partial charge >= 0.3 is 0 Å². The molecule has 1 aromatic rings. The molecule has 0 amide bonds. The Morgan fingerprint density at radius 1 is 0.853 bits per heavy atom. The number of fused-ring (bicyclic) bond motifs is 1. The average Bonchev–Trinajstić information content (AvgIpc) is 2.87. The van der Waals surface area contributed by atoms with Crippen LogP contribution in [0.1, 0.15) is 121 Å². The summed E-state index contributed by atoms with van der Waals surface area (Å²) in [6, 6.07) is 5.46. The fourth-order valence-electron chi connectivity index (χ4n) is 7.74. The van der Waals surface area contributed by atoms with Gasteiger partial charge in [-0.2, -0.15) is 0 Å². The van der Waals surface area contributed by atoms with Crippen molar-refractivity contribution in [2.75, 3.05) is 6.61 Å². The van der Waals surface area contributed by atoms with Crippen LogP contribution in [0.2, 0.25) is 0 Å². The summed E-state index contributed by atoms with van der Waals surface area (Å²) in [4.78, 5) is 0. The number of hydrogen-bond donors (Lipinski definition) is 0. The standard InChI is InChI=1S/C32H49FO/c1-3-5-6-7-8-9-24-10-11-29-22-28(17-16-27(29)21-24)25-12-14-26(15-13-25)31-19-18-30(23-32(31)33)34-20-4-2/h4,18-19,23-29H,2-3,5-17,20-22H2,1H3. The molecule has 0 saturated heterocycles. The molecule has 0 aromatic heterocycles. The van der Waals surface area contributed by atoms with Crippen molar-refractivity contribution >= 4 is 0 Å². The summed E-state index contributed by atoms with van der Waals surface area (Å²) in [7, 11) is 0. The van der Waals surface area contributed by atoms with Gasteiger partial charge in [-0.25, -0.2) is 4.39 Å². The van der Waals surface area contributed by atoms with E-state index in [-0.39, 0.29) is 5.82 Å². The first-order chi connectivity index (χ1) is 16.7. The van der Waals surface area contributed by atoms with Crippen molar-refractivity contribution in [1.82, 2.24) is 0 Å². The molecule has 1 aromatic carbocycles. The van der Waals surface area contributed by atoms with Crippen LogP contribution < -0.4 is 4.74 Å². The number of unbranched alkanes of at least 4 members (excludes halogenated alkanes) is 4. The Morgan fingerprint density at radius 3 is 2.26 bits per heavy atom. The van der Waals surface area contributed by atoms with Gasteiger partial charge in [0.05, 0.1) is 0 Å². The van der Waals surface area contributed by atoms with E-state index in [0.29, 0.717) is 18.3 Å². The average molecular weight is 469 g/mol. The molecule has 3 saturated carbocycles. The molecule has 4 atom stereocenters. The molecular weight excluding hydrogens is 419 g/mol. The molecule has 2 heteroatoms. The maximum Gasteiger partial charge on any atom is 0.130 e. The zero-order valence-corrected chi connectivity index (χ0v) is 21.8. The van der Waals surface area contributed by atoms with Crippen LogP contribution in [-0.4, -0.2) is 6.61 Å². The highest BCUT2D eigenvalue weighted by Crippen LogP contribution is 2.50. The minimum atomic E-state index is -0.0901. The van der Waals surface area contributed by atoms with Crippen molar-refractivity contribution < 1.29 is 9.13 Å². The summed E-state index contributed by atoms with van der Waals surface area (Å²) < 4.78 is 20.3. The van der Waals surface area contributed by atoms with E-state index in [2.05, 4.69) is 13.5 Å². The van der Waals surface area contributed by atoms with Gasteiger partial charge in [0, 0.05) is 6.07 Å². The van der Waals surface area contributed by atoms with E-state index in [4.69, 9.17) is 4.74 Å². The fourth-order valence-corrected chi connectivity index (χ4v) is 7.74. The van der Waals surface area contributed by atoms with Gasteiger partial charge in [-0.1, -0.05) is 70.6 Å². The number of benzene rings is 1. The highest BCUT2D eigenvalue weighted by Gasteiger charge is 2.38. The first-order valence-electron chi connectivity index (χ1n) is 14.7. The molecule has 3 fully saturated rings. The van der Waals surface area contributed by atoms with Crippen LogP contribution in [0.3, 0.4) is 0 Å². The molecule has 3 aliphatic carbocycles. The zero-order valence-electron chi connectivity index (χ0n) is 21.8. The molecule has 0 aliphatic heterocycles. The lowest BCUT2D eigenvalue weighted by Gasteiger charge is -2.45. The molecule has 0 heterocycles. The first kappa shape index (κ1) is 25.8. The van der Waals surface area contributed by atoms with E-state index in [0.717, 1.165) is 48.0 Å². The van der Waals surface area contributed by atoms with Gasteiger partial charge in [0.15, 0.2) is 0 Å². The molecule has 4 rings (SSSR count). The third kappa shape index (κ3) is 6.88. The minimum absolute atomic E-state index is 0.0901. The monoisotopic (exact) mass is 468 g/mol. The van der Waals surface area contributed by atoms with Gasteiger partial charge in [0.25, 0.3) is 0 Å². The van der Waals surface area contributed by atoms with Crippen molar-refractivity contribution in [2.24, 2.45) is 29.6 Å². The number of hydrogen-bond acceptors (Lipinski definition) is 1. The highest BCUT2D eigenvalue weighted by molar-refractivity contribution is 5.31. The molecule has 1 nitrogen and oxygen atoms in total. The fraction of sp³-hybridized carbons (Fsp3) is 0.750. The Hall–Kier alpha value is -1.31. The Kier molecular flexibility index (Phi) is 9.95. The quantitative estimate of drug-likeness (QED) is 0.232. The van der Waals surface area contributed by atoms with Crippen LogP contribution in [0.4, 0.5) is 4.39 Å². The second kappa shape index (κ2) is 13.1. The summed E-state index contributed by atoms with van der Waals surface area (Å²) in [6.07, 6.45) is 24.2. The summed E-state index contributed by atoms with van der Waals surface area (Å²) in [5.74, 6) is 5.78. The van der Waals surface area contributed by atoms with E-state index < -0.39 is 0 Å². The van der Waals surface area contributed by atoms with E-state index in [9.17, 15) is 4.39 Å². The van der Waals surface area contributed by atoms with Crippen LogP contribution in [0.5, 0.6) is 5.75 Å². The van der Waals surface area contributed by atoms with Crippen LogP contribution >= 0.6 is 0 Å². The molecular formula is C32H49FO. The van der Waals surface area contributed by atoms with Gasteiger partial charge in [-0.15, -0.1) is 0 Å². The van der Waals surface area contributed by atoms with Gasteiger partial charge < -0.3 is 4.74 Å². The molecule has 0 bridgehead atoms. The lowest BCUT2D eigenvalue weighted by molar-refractivity contribution is 0.0612. The second-order valence-electron chi connectivity index (χ2n) is 11.9. The van der Waals surface area contributed by atoms with E-state index in [1.807, 2.05) is 12.1 Å². The predicted octanol–water partition coefficient (Wildman–Crippen LogP) is 9.86. The number of halogens is 1. The summed E-state index contributed by atoms with van der Waals surface area (Å²) in [6.45, 7) is 6.39. The molecule has 34 heavy (non-hydrogen) atoms. The normalized spacial score (nSPS) is 31.6. The van der Waals surface area contributed by atoms with Crippen LogP contribution in [0, 0.1) is 35.4 Å². The maximum atomic E-state index is 14.8. The molecule has 0 N–H and O–H groups in total. The summed E-state index contributed by atoms with van der Waals surface area (Å²) >= 11 is 0. The van der Waals surface area contributed by atoms with Crippen molar-refractivity contribution in [3.63, 3.8) is 0 Å². The molecule has 0 radical (unpaired) electrons. The van der Waals surface area contributed by atoms with Crippen LogP contribution in [0.15, 0.2) is 30.9 Å². The second-order valence-corrected chi connectivity index (χ2v) is 11.9. The van der Waals surface area contributed by atoms with Crippen molar-refractivity contribution in [3.05, 3.63) is 42.2 Å². The smallest absolute Gasteiger partial charge is 0.130 e. The van der Waals surface area contributed by atoms with E-state index >= 15 is 0 Å². The Bertz CT molecular complexity index is 749.